The normalized spacial score (nSPS) is 10.6. The average Bonchev–Trinajstić information content (AvgIpc) is 3.12. The quantitative estimate of drug-likeness (QED) is 0.456. The van der Waals surface area contributed by atoms with E-state index in [9.17, 15) is 14.9 Å². The molecule has 6 nitrogen and oxygen atoms in total. The maximum atomic E-state index is 12.1. The van der Waals surface area contributed by atoms with Crippen LogP contribution in [0.2, 0.25) is 5.02 Å². The summed E-state index contributed by atoms with van der Waals surface area (Å²) in [6.45, 7) is 1.89. The van der Waals surface area contributed by atoms with Gasteiger partial charge in [0.05, 0.1) is 4.92 Å². The predicted molar refractivity (Wildman–Crippen MR) is 104 cm³/mol. The van der Waals surface area contributed by atoms with Crippen LogP contribution in [0.25, 0.3) is 11.3 Å². The number of hydrogen-bond donors (Lipinski definition) is 1. The van der Waals surface area contributed by atoms with Crippen molar-refractivity contribution in [3.05, 3.63) is 81.1 Å². The van der Waals surface area contributed by atoms with Crippen molar-refractivity contribution in [1.29, 1.82) is 0 Å². The van der Waals surface area contributed by atoms with Crippen LogP contribution in [0.5, 0.6) is 0 Å². The van der Waals surface area contributed by atoms with E-state index in [1.807, 2.05) is 13.0 Å². The maximum Gasteiger partial charge on any atom is 0.270 e. The van der Waals surface area contributed by atoms with Gasteiger partial charge < -0.3 is 9.73 Å². The molecule has 0 aliphatic carbocycles. The third kappa shape index (κ3) is 4.74. The molecule has 3 aromatic rings. The monoisotopic (exact) mass is 384 g/mol. The first-order valence-corrected chi connectivity index (χ1v) is 8.70. The smallest absolute Gasteiger partial charge is 0.270 e. The molecule has 2 aromatic carbocycles. The Morgan fingerprint density at radius 2 is 2.00 bits per heavy atom. The van der Waals surface area contributed by atoms with Gasteiger partial charge in [-0.15, -0.1) is 0 Å². The molecular formula is C20H17ClN2O4. The number of non-ortho nitro benzene ring substituents is 1. The van der Waals surface area contributed by atoms with Gasteiger partial charge in [0.25, 0.3) is 5.69 Å². The number of carbonyl (C=O) groups is 1. The summed E-state index contributed by atoms with van der Waals surface area (Å²) in [4.78, 5) is 22.5. The second-order valence-electron chi connectivity index (χ2n) is 6.09. The molecule has 0 fully saturated rings. The van der Waals surface area contributed by atoms with Crippen LogP contribution in [0, 0.1) is 17.0 Å². The van der Waals surface area contributed by atoms with E-state index < -0.39 is 4.92 Å². The number of anilines is 1. The predicted octanol–water partition coefficient (Wildman–Crippen LogP) is 5.39. The molecule has 0 aliphatic heterocycles. The second-order valence-corrected chi connectivity index (χ2v) is 6.49. The molecule has 0 radical (unpaired) electrons. The summed E-state index contributed by atoms with van der Waals surface area (Å²) >= 11 is 6.05. The van der Waals surface area contributed by atoms with Crippen LogP contribution in [0.1, 0.15) is 17.7 Å². The highest BCUT2D eigenvalue weighted by atomic mass is 35.5. The van der Waals surface area contributed by atoms with Crippen molar-refractivity contribution in [1.82, 2.24) is 0 Å². The molecule has 0 atom stereocenters. The molecule has 3 rings (SSSR count). The first-order chi connectivity index (χ1) is 12.9. The van der Waals surface area contributed by atoms with E-state index in [0.29, 0.717) is 34.2 Å². The fourth-order valence-corrected chi connectivity index (χ4v) is 2.75. The highest BCUT2D eigenvalue weighted by Crippen LogP contribution is 2.26. The maximum absolute atomic E-state index is 12.1. The number of amides is 1. The van der Waals surface area contributed by atoms with Gasteiger partial charge in [-0.25, -0.2) is 0 Å². The van der Waals surface area contributed by atoms with Crippen LogP contribution in [-0.4, -0.2) is 10.8 Å². The Bertz CT molecular complexity index is 997. The Balaban J connectivity index is 1.60. The molecule has 0 unspecified atom stereocenters. The van der Waals surface area contributed by atoms with Crippen LogP contribution in [0.4, 0.5) is 11.4 Å². The third-order valence-corrected chi connectivity index (χ3v) is 4.46. The van der Waals surface area contributed by atoms with Crippen LogP contribution in [-0.2, 0) is 11.2 Å². The first-order valence-electron chi connectivity index (χ1n) is 8.32. The zero-order valence-corrected chi connectivity index (χ0v) is 15.3. The minimum Gasteiger partial charge on any atom is -0.461 e. The third-order valence-electron chi connectivity index (χ3n) is 4.06. The van der Waals surface area contributed by atoms with E-state index in [1.165, 1.54) is 12.1 Å². The average molecular weight is 385 g/mol. The number of rotatable bonds is 6. The number of nitrogens with one attached hydrogen (secondary N) is 1. The lowest BCUT2D eigenvalue weighted by molar-refractivity contribution is -0.384. The number of carbonyl (C=O) groups excluding carboxylic acids is 1. The fraction of sp³-hybridized carbons (Fsp3) is 0.150. The molecular weight excluding hydrogens is 368 g/mol. The number of nitrogens with zero attached hydrogens (tertiary/aromatic N) is 1. The summed E-state index contributed by atoms with van der Waals surface area (Å²) in [7, 11) is 0. The molecule has 0 saturated carbocycles. The van der Waals surface area contributed by atoms with Crippen LogP contribution in [0.3, 0.4) is 0 Å². The number of nitro groups is 1. The molecule has 0 bridgehead atoms. The van der Waals surface area contributed by atoms with Crippen molar-refractivity contribution in [2.75, 3.05) is 5.32 Å². The molecule has 1 aromatic heterocycles. The van der Waals surface area contributed by atoms with E-state index in [2.05, 4.69) is 5.32 Å². The van der Waals surface area contributed by atoms with Crippen molar-refractivity contribution in [3.8, 4) is 11.3 Å². The van der Waals surface area contributed by atoms with Crippen molar-refractivity contribution < 1.29 is 14.1 Å². The van der Waals surface area contributed by atoms with Gasteiger partial charge in [-0.1, -0.05) is 29.8 Å². The van der Waals surface area contributed by atoms with E-state index in [1.54, 1.807) is 36.4 Å². The molecule has 1 heterocycles. The summed E-state index contributed by atoms with van der Waals surface area (Å²) in [5, 5.41) is 14.3. The zero-order chi connectivity index (χ0) is 19.4. The van der Waals surface area contributed by atoms with Crippen molar-refractivity contribution in [2.24, 2.45) is 0 Å². The van der Waals surface area contributed by atoms with Gasteiger partial charge in [0.2, 0.25) is 5.91 Å². The number of benzene rings is 2. The summed E-state index contributed by atoms with van der Waals surface area (Å²) in [5.74, 6) is 1.01. The molecule has 27 heavy (non-hydrogen) atoms. The Kier molecular flexibility index (Phi) is 5.57. The van der Waals surface area contributed by atoms with Crippen LogP contribution in [0.15, 0.2) is 59.0 Å². The van der Waals surface area contributed by atoms with Gasteiger partial charge in [-0.3, -0.25) is 14.9 Å². The molecule has 0 saturated heterocycles. The summed E-state index contributed by atoms with van der Waals surface area (Å²) in [5.41, 5.74) is 2.21. The summed E-state index contributed by atoms with van der Waals surface area (Å²) in [6, 6.07) is 15.1. The standard InChI is InChI=1S/C20H17ClN2O4/c1-13-5-6-15(12-18(13)21)22-20(24)10-8-17-7-9-19(27-17)14-3-2-4-16(11-14)23(25)26/h2-7,9,11-12H,8,10H2,1H3,(H,22,24). The Hall–Kier alpha value is -3.12. The second kappa shape index (κ2) is 8.05. The summed E-state index contributed by atoms with van der Waals surface area (Å²) < 4.78 is 5.72. The van der Waals surface area contributed by atoms with Crippen molar-refractivity contribution in [2.45, 2.75) is 19.8 Å². The number of furan rings is 1. The lowest BCUT2D eigenvalue weighted by Gasteiger charge is -2.06. The fourth-order valence-electron chi connectivity index (χ4n) is 2.57. The van der Waals surface area contributed by atoms with E-state index in [-0.39, 0.29) is 18.0 Å². The van der Waals surface area contributed by atoms with Gasteiger partial charge >= 0.3 is 0 Å². The largest absolute Gasteiger partial charge is 0.461 e. The molecule has 1 amide bonds. The molecule has 0 spiro atoms. The van der Waals surface area contributed by atoms with Gasteiger partial charge in [0, 0.05) is 41.2 Å². The number of hydrogen-bond acceptors (Lipinski definition) is 4. The first kappa shape index (κ1) is 18.7. The lowest BCUT2D eigenvalue weighted by atomic mass is 10.1. The Morgan fingerprint density at radius 1 is 1.19 bits per heavy atom. The molecule has 7 heteroatoms. The Labute approximate surface area is 160 Å². The SMILES string of the molecule is Cc1ccc(NC(=O)CCc2ccc(-c3cccc([N+](=O)[O-])c3)o2)cc1Cl. The summed E-state index contributed by atoms with van der Waals surface area (Å²) in [6.07, 6.45) is 0.660. The van der Waals surface area contributed by atoms with Gasteiger partial charge in [0.15, 0.2) is 0 Å². The lowest BCUT2D eigenvalue weighted by Crippen LogP contribution is -2.12. The van der Waals surface area contributed by atoms with Crippen molar-refractivity contribution >= 4 is 28.9 Å². The van der Waals surface area contributed by atoms with Gasteiger partial charge in [0.1, 0.15) is 11.5 Å². The minimum atomic E-state index is -0.449. The van der Waals surface area contributed by atoms with E-state index in [0.717, 1.165) is 5.56 Å². The highest BCUT2D eigenvalue weighted by molar-refractivity contribution is 6.31. The van der Waals surface area contributed by atoms with Crippen molar-refractivity contribution in [3.63, 3.8) is 0 Å². The van der Waals surface area contributed by atoms with Gasteiger partial charge in [-0.2, -0.15) is 0 Å². The molecule has 138 valence electrons. The zero-order valence-electron chi connectivity index (χ0n) is 14.6. The van der Waals surface area contributed by atoms with Crippen LogP contribution < -0.4 is 5.32 Å². The van der Waals surface area contributed by atoms with E-state index in [4.69, 9.17) is 16.0 Å². The number of aryl methyl sites for hydroxylation is 2. The van der Waals surface area contributed by atoms with E-state index >= 15 is 0 Å². The minimum absolute atomic E-state index is 0.00147. The number of halogens is 1. The van der Waals surface area contributed by atoms with Gasteiger partial charge in [-0.05, 0) is 36.8 Å². The Morgan fingerprint density at radius 3 is 2.74 bits per heavy atom. The molecule has 1 N–H and O–H groups in total. The number of nitro benzene ring substituents is 1. The topological polar surface area (TPSA) is 85.4 Å². The van der Waals surface area contributed by atoms with Crippen LogP contribution >= 0.6 is 11.6 Å². The highest BCUT2D eigenvalue weighted by Gasteiger charge is 2.11. The molecule has 0 aliphatic rings.